The van der Waals surface area contributed by atoms with Crippen LogP contribution in [0.2, 0.25) is 0 Å². The van der Waals surface area contributed by atoms with Gasteiger partial charge in [-0.3, -0.25) is 4.72 Å². The molecule has 0 unspecified atom stereocenters. The highest BCUT2D eigenvalue weighted by Gasteiger charge is 2.17. The van der Waals surface area contributed by atoms with Gasteiger partial charge in [-0.15, -0.1) is 0 Å². The molecule has 0 aliphatic carbocycles. The Morgan fingerprint density at radius 1 is 1.43 bits per heavy atom. The summed E-state index contributed by atoms with van der Waals surface area (Å²) in [6.45, 7) is 1.83. The van der Waals surface area contributed by atoms with Crippen molar-refractivity contribution in [3.8, 4) is 11.8 Å². The first kappa shape index (κ1) is 15.1. The van der Waals surface area contributed by atoms with E-state index in [9.17, 15) is 8.42 Å². The molecule has 7 heteroatoms. The monoisotopic (exact) mass is 305 g/mol. The third kappa shape index (κ3) is 3.84. The second-order valence-corrected chi connectivity index (χ2v) is 6.00. The topological polar surface area (TPSA) is 95.1 Å². The maximum absolute atomic E-state index is 12.2. The lowest BCUT2D eigenvalue weighted by molar-refractivity contribution is 0.305. The van der Waals surface area contributed by atoms with Crippen LogP contribution in [0.4, 0.5) is 5.69 Å². The highest BCUT2D eigenvalue weighted by atomic mass is 32.2. The number of nitrogens with zero attached hydrogens (tertiary/aromatic N) is 1. The Morgan fingerprint density at radius 2 is 2.24 bits per heavy atom. The first-order valence-corrected chi connectivity index (χ1v) is 7.73. The highest BCUT2D eigenvalue weighted by Crippen LogP contribution is 2.20. The fourth-order valence-electron chi connectivity index (χ4n) is 1.65. The van der Waals surface area contributed by atoms with Gasteiger partial charge in [-0.2, -0.15) is 8.42 Å². The van der Waals surface area contributed by atoms with Crippen molar-refractivity contribution in [3.63, 3.8) is 0 Å². The third-order valence-corrected chi connectivity index (χ3v) is 3.93. The second kappa shape index (κ2) is 6.43. The number of H-pyrrole nitrogens is 1. The molecule has 0 atom stereocenters. The molecule has 21 heavy (non-hydrogen) atoms. The summed E-state index contributed by atoms with van der Waals surface area (Å²) in [6.07, 6.45) is 2.86. The van der Waals surface area contributed by atoms with Crippen LogP contribution in [0.25, 0.3) is 0 Å². The molecule has 0 fully saturated rings. The van der Waals surface area contributed by atoms with Gasteiger partial charge in [-0.25, -0.2) is 4.98 Å². The smallest absolute Gasteiger partial charge is 0.279 e. The molecule has 6 nitrogen and oxygen atoms in total. The molecule has 0 saturated heterocycles. The standard InChI is InChI=1S/C14H15N3O3S/c1-11-5-6-12(4-2-3-7-18)13(8-11)17-21(19,20)14-9-15-10-16-14/h5-6,8-10,17-18H,3,7H2,1H3,(H,15,16). The normalized spacial score (nSPS) is 10.8. The van der Waals surface area contributed by atoms with Gasteiger partial charge < -0.3 is 10.1 Å². The van der Waals surface area contributed by atoms with Crippen LogP contribution in [0, 0.1) is 18.8 Å². The number of imidazole rings is 1. The summed E-state index contributed by atoms with van der Waals surface area (Å²) in [6, 6.07) is 5.29. The van der Waals surface area contributed by atoms with Crippen molar-refractivity contribution in [2.24, 2.45) is 0 Å². The van der Waals surface area contributed by atoms with E-state index in [1.807, 2.05) is 13.0 Å². The van der Waals surface area contributed by atoms with E-state index in [4.69, 9.17) is 5.11 Å². The van der Waals surface area contributed by atoms with E-state index >= 15 is 0 Å². The van der Waals surface area contributed by atoms with Crippen LogP contribution in [0.1, 0.15) is 17.5 Å². The molecule has 3 N–H and O–H groups in total. The van der Waals surface area contributed by atoms with Gasteiger partial charge in [0.25, 0.3) is 10.0 Å². The number of aromatic amines is 1. The van der Waals surface area contributed by atoms with E-state index in [2.05, 4.69) is 26.5 Å². The van der Waals surface area contributed by atoms with Crippen molar-refractivity contribution in [1.82, 2.24) is 9.97 Å². The van der Waals surface area contributed by atoms with Crippen molar-refractivity contribution in [3.05, 3.63) is 41.9 Å². The fourth-order valence-corrected chi connectivity index (χ4v) is 2.63. The van der Waals surface area contributed by atoms with Crippen LogP contribution in [-0.4, -0.2) is 30.1 Å². The van der Waals surface area contributed by atoms with Crippen molar-refractivity contribution in [1.29, 1.82) is 0 Å². The number of aromatic nitrogens is 2. The summed E-state index contributed by atoms with van der Waals surface area (Å²) >= 11 is 0. The van der Waals surface area contributed by atoms with E-state index in [0.29, 0.717) is 17.7 Å². The lowest BCUT2D eigenvalue weighted by Gasteiger charge is -2.09. The summed E-state index contributed by atoms with van der Waals surface area (Å²) < 4.78 is 26.9. The molecule has 0 amide bonds. The number of hydrogen-bond donors (Lipinski definition) is 3. The van der Waals surface area contributed by atoms with E-state index in [-0.39, 0.29) is 11.6 Å². The van der Waals surface area contributed by atoms with Crippen molar-refractivity contribution in [2.75, 3.05) is 11.3 Å². The minimum absolute atomic E-state index is 0.0155. The molecule has 2 aromatic rings. The molecule has 0 radical (unpaired) electrons. The predicted octanol–water partition coefficient (Wildman–Crippen LogP) is 1.25. The zero-order chi connectivity index (χ0) is 15.3. The summed E-state index contributed by atoms with van der Waals surface area (Å²) in [4.78, 5) is 6.25. The lowest BCUT2D eigenvalue weighted by Crippen LogP contribution is -2.14. The van der Waals surface area contributed by atoms with E-state index in [1.54, 1.807) is 12.1 Å². The van der Waals surface area contributed by atoms with Crippen molar-refractivity contribution < 1.29 is 13.5 Å². The molecule has 110 valence electrons. The fraction of sp³-hybridized carbons (Fsp3) is 0.214. The molecular weight excluding hydrogens is 290 g/mol. The molecule has 1 aromatic carbocycles. The van der Waals surface area contributed by atoms with Gasteiger partial charge in [-0.05, 0) is 24.6 Å². The highest BCUT2D eigenvalue weighted by molar-refractivity contribution is 7.92. The average molecular weight is 305 g/mol. The predicted molar refractivity (Wildman–Crippen MR) is 79.2 cm³/mol. The number of sulfonamides is 1. The maximum atomic E-state index is 12.2. The number of hydrogen-bond acceptors (Lipinski definition) is 4. The molecule has 0 aliphatic rings. The zero-order valence-corrected chi connectivity index (χ0v) is 12.2. The van der Waals surface area contributed by atoms with E-state index in [0.717, 1.165) is 5.56 Å². The SMILES string of the molecule is Cc1ccc(C#CCCO)c(NS(=O)(=O)c2cnc[nH]2)c1. The maximum Gasteiger partial charge on any atom is 0.279 e. The molecule has 1 aromatic heterocycles. The van der Waals surface area contributed by atoms with Gasteiger partial charge in [0.2, 0.25) is 0 Å². The van der Waals surface area contributed by atoms with Gasteiger partial charge >= 0.3 is 0 Å². The molecule has 0 spiro atoms. The number of nitrogens with one attached hydrogen (secondary N) is 2. The Balaban J connectivity index is 2.35. The van der Waals surface area contributed by atoms with Crippen LogP contribution in [0.3, 0.4) is 0 Å². The molecular formula is C14H15N3O3S. The summed E-state index contributed by atoms with van der Waals surface area (Å²) in [5, 5.41) is 8.73. The van der Waals surface area contributed by atoms with Gasteiger partial charge in [0.15, 0.2) is 5.03 Å². The number of benzene rings is 1. The van der Waals surface area contributed by atoms with Crippen molar-refractivity contribution in [2.45, 2.75) is 18.4 Å². The Morgan fingerprint density at radius 3 is 2.90 bits per heavy atom. The van der Waals surface area contributed by atoms with Gasteiger partial charge in [0.05, 0.1) is 24.8 Å². The van der Waals surface area contributed by atoms with Crippen LogP contribution >= 0.6 is 0 Å². The quantitative estimate of drug-likeness (QED) is 0.741. The number of rotatable bonds is 4. The minimum Gasteiger partial charge on any atom is -0.395 e. The summed E-state index contributed by atoms with van der Waals surface area (Å²) in [5.74, 6) is 5.62. The summed E-state index contributed by atoms with van der Waals surface area (Å²) in [7, 11) is -3.73. The zero-order valence-electron chi connectivity index (χ0n) is 11.4. The minimum atomic E-state index is -3.73. The van der Waals surface area contributed by atoms with Gasteiger partial charge in [0.1, 0.15) is 0 Å². The Bertz CT molecular complexity index is 772. The van der Waals surface area contributed by atoms with E-state index < -0.39 is 10.0 Å². The number of aliphatic hydroxyl groups excluding tert-OH is 1. The van der Waals surface area contributed by atoms with Crippen LogP contribution < -0.4 is 4.72 Å². The third-order valence-electron chi connectivity index (χ3n) is 2.64. The van der Waals surface area contributed by atoms with Crippen LogP contribution in [-0.2, 0) is 10.0 Å². The Kier molecular flexibility index (Phi) is 4.62. The first-order chi connectivity index (χ1) is 10.0. The van der Waals surface area contributed by atoms with Gasteiger partial charge in [-0.1, -0.05) is 17.9 Å². The molecule has 2 rings (SSSR count). The Hall–Kier alpha value is -2.30. The molecule has 0 bridgehead atoms. The molecule has 0 aliphatic heterocycles. The van der Waals surface area contributed by atoms with Crippen molar-refractivity contribution >= 4 is 15.7 Å². The molecule has 1 heterocycles. The van der Waals surface area contributed by atoms with E-state index in [1.165, 1.54) is 12.5 Å². The number of aryl methyl sites for hydroxylation is 1. The molecule has 0 saturated carbocycles. The average Bonchev–Trinajstić information content (AvgIpc) is 2.96. The first-order valence-electron chi connectivity index (χ1n) is 6.24. The number of anilines is 1. The van der Waals surface area contributed by atoms with Gasteiger partial charge in [0, 0.05) is 12.0 Å². The summed E-state index contributed by atoms with van der Waals surface area (Å²) in [5.41, 5.74) is 1.86. The lowest BCUT2D eigenvalue weighted by atomic mass is 10.1. The Labute approximate surface area is 123 Å². The second-order valence-electron chi connectivity index (χ2n) is 4.35. The van der Waals surface area contributed by atoms with Crippen LogP contribution in [0.15, 0.2) is 35.7 Å². The number of aliphatic hydroxyl groups is 1. The largest absolute Gasteiger partial charge is 0.395 e. The van der Waals surface area contributed by atoms with Crippen LogP contribution in [0.5, 0.6) is 0 Å².